The molecule has 14 heavy (non-hydrogen) atoms. The molecule has 1 unspecified atom stereocenters. The summed E-state index contributed by atoms with van der Waals surface area (Å²) in [6, 6.07) is 0. The van der Waals surface area contributed by atoms with Crippen LogP contribution >= 0.6 is 0 Å². The lowest BCUT2D eigenvalue weighted by Crippen LogP contribution is -2.17. The van der Waals surface area contributed by atoms with Crippen molar-refractivity contribution in [2.24, 2.45) is 5.92 Å². The Labute approximate surface area is 86.5 Å². The minimum atomic E-state index is -0.552. The molecule has 0 rings (SSSR count). The summed E-state index contributed by atoms with van der Waals surface area (Å²) in [5.41, 5.74) is 0. The van der Waals surface area contributed by atoms with Gasteiger partial charge in [-0.3, -0.25) is 4.79 Å². The lowest BCUT2D eigenvalue weighted by Gasteiger charge is -2.12. The second-order valence-corrected chi connectivity index (χ2v) is 4.06. The highest BCUT2D eigenvalue weighted by Crippen LogP contribution is 2.08. The largest absolute Gasteiger partial charge is 0.466 e. The Bertz CT molecular complexity index is 155. The minimum absolute atomic E-state index is 0.127. The second-order valence-electron chi connectivity index (χ2n) is 4.06. The van der Waals surface area contributed by atoms with Crippen LogP contribution in [0.1, 0.15) is 46.5 Å². The van der Waals surface area contributed by atoms with Crippen molar-refractivity contribution in [1.29, 1.82) is 0 Å². The first-order chi connectivity index (χ1) is 6.56. The number of carbonyl (C=O) groups is 1. The third kappa shape index (κ3) is 8.05. The number of unbranched alkanes of at least 4 members (excludes halogenated alkanes) is 1. The highest BCUT2D eigenvalue weighted by Gasteiger charge is 2.12. The molecule has 84 valence electrons. The van der Waals surface area contributed by atoms with Gasteiger partial charge in [-0.15, -0.1) is 0 Å². The highest BCUT2D eigenvalue weighted by atomic mass is 16.5. The Morgan fingerprint density at radius 2 is 2.07 bits per heavy atom. The third-order valence-electron chi connectivity index (χ3n) is 1.91. The van der Waals surface area contributed by atoms with Crippen LogP contribution in [0.15, 0.2) is 0 Å². The molecule has 0 aromatic carbocycles. The fourth-order valence-electron chi connectivity index (χ4n) is 1.21. The Morgan fingerprint density at radius 3 is 2.57 bits per heavy atom. The van der Waals surface area contributed by atoms with Crippen LogP contribution in [0.25, 0.3) is 0 Å². The number of rotatable bonds is 7. The van der Waals surface area contributed by atoms with Crippen molar-refractivity contribution in [1.82, 2.24) is 0 Å². The lowest BCUT2D eigenvalue weighted by atomic mass is 10.0. The van der Waals surface area contributed by atoms with Gasteiger partial charge in [0, 0.05) is 0 Å². The summed E-state index contributed by atoms with van der Waals surface area (Å²) >= 11 is 0. The van der Waals surface area contributed by atoms with Crippen molar-refractivity contribution >= 4 is 5.97 Å². The zero-order valence-electron chi connectivity index (χ0n) is 9.45. The van der Waals surface area contributed by atoms with E-state index in [4.69, 9.17) is 4.74 Å². The molecule has 0 heterocycles. The maximum atomic E-state index is 11.1. The van der Waals surface area contributed by atoms with Crippen molar-refractivity contribution in [3.05, 3.63) is 0 Å². The number of carbonyl (C=O) groups excluding carboxylic acids is 1. The fourth-order valence-corrected chi connectivity index (χ4v) is 1.21. The standard InChI is InChI=1S/C11H22O3/c1-4-5-6-14-11(13)8-10(12)7-9(2)3/h9-10,12H,4-8H2,1-3H3. The smallest absolute Gasteiger partial charge is 0.308 e. The molecule has 0 aliphatic heterocycles. The van der Waals surface area contributed by atoms with E-state index in [1.54, 1.807) is 0 Å². The van der Waals surface area contributed by atoms with Crippen LogP contribution in [-0.4, -0.2) is 23.8 Å². The topological polar surface area (TPSA) is 46.5 Å². The molecule has 0 saturated heterocycles. The average Bonchev–Trinajstić information content (AvgIpc) is 2.02. The fraction of sp³-hybridized carbons (Fsp3) is 0.909. The molecule has 0 saturated carbocycles. The number of aliphatic hydroxyl groups excluding tert-OH is 1. The van der Waals surface area contributed by atoms with E-state index in [-0.39, 0.29) is 12.4 Å². The molecule has 0 aromatic rings. The molecule has 0 aromatic heterocycles. The molecule has 1 N–H and O–H groups in total. The van der Waals surface area contributed by atoms with Gasteiger partial charge in [0.05, 0.1) is 19.1 Å². The zero-order chi connectivity index (χ0) is 11.0. The van der Waals surface area contributed by atoms with E-state index >= 15 is 0 Å². The van der Waals surface area contributed by atoms with Crippen molar-refractivity contribution in [3.8, 4) is 0 Å². The van der Waals surface area contributed by atoms with Crippen LogP contribution in [-0.2, 0) is 9.53 Å². The highest BCUT2D eigenvalue weighted by molar-refractivity contribution is 5.69. The maximum Gasteiger partial charge on any atom is 0.308 e. The van der Waals surface area contributed by atoms with E-state index in [0.717, 1.165) is 12.8 Å². The van der Waals surface area contributed by atoms with Gasteiger partial charge in [0.15, 0.2) is 0 Å². The Hall–Kier alpha value is -0.570. The Balaban J connectivity index is 3.50. The molecule has 0 radical (unpaired) electrons. The average molecular weight is 202 g/mol. The Morgan fingerprint density at radius 1 is 1.43 bits per heavy atom. The molecule has 0 amide bonds. The number of hydrogen-bond donors (Lipinski definition) is 1. The van der Waals surface area contributed by atoms with Gasteiger partial charge in [0.1, 0.15) is 0 Å². The number of ether oxygens (including phenoxy) is 1. The van der Waals surface area contributed by atoms with Crippen molar-refractivity contribution in [3.63, 3.8) is 0 Å². The van der Waals surface area contributed by atoms with Gasteiger partial charge in [0.2, 0.25) is 0 Å². The molecular weight excluding hydrogens is 180 g/mol. The SMILES string of the molecule is CCCCOC(=O)CC(O)CC(C)C. The van der Waals surface area contributed by atoms with Crippen molar-refractivity contribution in [2.45, 2.75) is 52.6 Å². The molecule has 3 nitrogen and oxygen atoms in total. The van der Waals surface area contributed by atoms with E-state index in [1.165, 1.54) is 0 Å². The molecule has 0 spiro atoms. The zero-order valence-corrected chi connectivity index (χ0v) is 9.45. The molecule has 1 atom stereocenters. The van der Waals surface area contributed by atoms with Crippen molar-refractivity contribution < 1.29 is 14.6 Å². The molecule has 0 aliphatic rings. The molecular formula is C11H22O3. The lowest BCUT2D eigenvalue weighted by molar-refractivity contribution is -0.146. The van der Waals surface area contributed by atoms with Crippen LogP contribution in [0.3, 0.4) is 0 Å². The number of hydrogen-bond acceptors (Lipinski definition) is 3. The summed E-state index contributed by atoms with van der Waals surface area (Å²) in [5, 5.41) is 9.45. The first-order valence-electron chi connectivity index (χ1n) is 5.40. The van der Waals surface area contributed by atoms with Crippen LogP contribution in [0.4, 0.5) is 0 Å². The van der Waals surface area contributed by atoms with E-state index < -0.39 is 6.10 Å². The normalized spacial score (nSPS) is 12.9. The summed E-state index contributed by atoms with van der Waals surface area (Å²) < 4.78 is 4.94. The van der Waals surface area contributed by atoms with Crippen LogP contribution in [0, 0.1) is 5.92 Å². The molecule has 0 fully saturated rings. The van der Waals surface area contributed by atoms with Crippen LogP contribution in [0.5, 0.6) is 0 Å². The van der Waals surface area contributed by atoms with E-state index in [2.05, 4.69) is 0 Å². The summed E-state index contributed by atoms with van der Waals surface area (Å²) in [6.45, 7) is 6.56. The van der Waals surface area contributed by atoms with Gasteiger partial charge in [-0.2, -0.15) is 0 Å². The van der Waals surface area contributed by atoms with Crippen LogP contribution in [0.2, 0.25) is 0 Å². The first-order valence-corrected chi connectivity index (χ1v) is 5.40. The monoisotopic (exact) mass is 202 g/mol. The van der Waals surface area contributed by atoms with Gasteiger partial charge in [-0.25, -0.2) is 0 Å². The summed E-state index contributed by atoms with van der Waals surface area (Å²) in [5.74, 6) is 0.125. The summed E-state index contributed by atoms with van der Waals surface area (Å²) in [7, 11) is 0. The third-order valence-corrected chi connectivity index (χ3v) is 1.91. The Kier molecular flexibility index (Phi) is 7.48. The van der Waals surface area contributed by atoms with Gasteiger partial charge in [-0.05, 0) is 18.8 Å². The second kappa shape index (κ2) is 7.80. The summed E-state index contributed by atoms with van der Waals surface area (Å²) in [6.07, 6.45) is 2.14. The van der Waals surface area contributed by atoms with Gasteiger partial charge in [0.25, 0.3) is 0 Å². The predicted octanol–water partition coefficient (Wildman–Crippen LogP) is 2.13. The van der Waals surface area contributed by atoms with Gasteiger partial charge >= 0.3 is 5.97 Å². The van der Waals surface area contributed by atoms with Gasteiger partial charge in [-0.1, -0.05) is 27.2 Å². The number of esters is 1. The van der Waals surface area contributed by atoms with Gasteiger partial charge < -0.3 is 9.84 Å². The van der Waals surface area contributed by atoms with Crippen molar-refractivity contribution in [2.75, 3.05) is 6.61 Å². The molecule has 0 aliphatic carbocycles. The van der Waals surface area contributed by atoms with E-state index in [9.17, 15) is 9.90 Å². The molecule has 3 heteroatoms. The quantitative estimate of drug-likeness (QED) is 0.508. The molecule has 0 bridgehead atoms. The number of aliphatic hydroxyl groups is 1. The van der Waals surface area contributed by atoms with E-state index in [0.29, 0.717) is 18.9 Å². The van der Waals surface area contributed by atoms with Crippen LogP contribution < -0.4 is 0 Å². The first kappa shape index (κ1) is 13.4. The maximum absolute atomic E-state index is 11.1. The summed E-state index contributed by atoms with van der Waals surface area (Å²) in [4.78, 5) is 11.1. The minimum Gasteiger partial charge on any atom is -0.466 e. The predicted molar refractivity (Wildman–Crippen MR) is 55.9 cm³/mol. The van der Waals surface area contributed by atoms with E-state index in [1.807, 2.05) is 20.8 Å².